The zero-order chi connectivity index (χ0) is 27.9. The number of ether oxygens (including phenoxy) is 3. The normalized spacial score (nSPS) is 13.2. The van der Waals surface area contributed by atoms with Crippen LogP contribution < -0.4 is 0 Å². The van der Waals surface area contributed by atoms with Gasteiger partial charge in [0.05, 0.1) is 34.4 Å². The number of unbranched alkanes of at least 4 members (excludes halogenated alkanes) is 13. The molecule has 0 saturated heterocycles. The SMILES string of the molecule is CCCCCCCCCCCCCCCCC(=O)OC(COCCC(C(=O)O)[N+](C)(C)C)COC(C)=O. The second-order valence-corrected chi connectivity index (χ2v) is 11.1. The van der Waals surface area contributed by atoms with Gasteiger partial charge in [0.2, 0.25) is 0 Å². The molecule has 2 atom stereocenters. The molecule has 0 bridgehead atoms. The van der Waals surface area contributed by atoms with Gasteiger partial charge in [0.25, 0.3) is 0 Å². The molecule has 0 aromatic carbocycles. The van der Waals surface area contributed by atoms with E-state index >= 15 is 0 Å². The van der Waals surface area contributed by atoms with Gasteiger partial charge in [0, 0.05) is 19.8 Å². The van der Waals surface area contributed by atoms with Crippen molar-refractivity contribution < 1.29 is 38.2 Å². The molecular weight excluding hydrogens is 474 g/mol. The molecular formula is C29H56NO7+. The van der Waals surface area contributed by atoms with Gasteiger partial charge in [0.15, 0.2) is 12.1 Å². The highest BCUT2D eigenvalue weighted by atomic mass is 16.6. The fourth-order valence-corrected chi connectivity index (χ4v) is 4.29. The lowest BCUT2D eigenvalue weighted by atomic mass is 10.0. The Bertz CT molecular complexity index is 604. The summed E-state index contributed by atoms with van der Waals surface area (Å²) in [4.78, 5) is 34.9. The molecule has 37 heavy (non-hydrogen) atoms. The Balaban J connectivity index is 4.00. The van der Waals surface area contributed by atoms with Crippen molar-refractivity contribution in [3.8, 4) is 0 Å². The number of hydrogen-bond donors (Lipinski definition) is 1. The van der Waals surface area contributed by atoms with E-state index in [1.54, 1.807) is 0 Å². The van der Waals surface area contributed by atoms with Crippen LogP contribution in [0.15, 0.2) is 0 Å². The molecule has 0 spiro atoms. The van der Waals surface area contributed by atoms with Crippen molar-refractivity contribution in [1.82, 2.24) is 0 Å². The number of quaternary nitrogens is 1. The summed E-state index contributed by atoms with van der Waals surface area (Å²) in [6, 6.07) is -0.602. The molecule has 8 nitrogen and oxygen atoms in total. The van der Waals surface area contributed by atoms with Gasteiger partial charge in [0.1, 0.15) is 6.61 Å². The van der Waals surface area contributed by atoms with Gasteiger partial charge in [-0.3, -0.25) is 9.59 Å². The summed E-state index contributed by atoms with van der Waals surface area (Å²) in [7, 11) is 5.46. The highest BCUT2D eigenvalue weighted by molar-refractivity contribution is 5.72. The summed E-state index contributed by atoms with van der Waals surface area (Å²) >= 11 is 0. The first-order valence-corrected chi connectivity index (χ1v) is 14.5. The first kappa shape index (κ1) is 35.3. The first-order valence-electron chi connectivity index (χ1n) is 14.5. The number of aliphatic carboxylic acids is 1. The maximum absolute atomic E-state index is 12.3. The summed E-state index contributed by atoms with van der Waals surface area (Å²) in [6.45, 7) is 3.74. The Morgan fingerprint density at radius 1 is 0.757 bits per heavy atom. The van der Waals surface area contributed by atoms with Gasteiger partial charge in [-0.25, -0.2) is 4.79 Å². The lowest BCUT2D eigenvalue weighted by Gasteiger charge is -2.31. The topological polar surface area (TPSA) is 99.1 Å². The molecule has 218 valence electrons. The van der Waals surface area contributed by atoms with Crippen LogP contribution in [0, 0.1) is 0 Å². The molecule has 0 aliphatic rings. The maximum Gasteiger partial charge on any atom is 0.362 e. The Morgan fingerprint density at radius 3 is 1.68 bits per heavy atom. The molecule has 0 fully saturated rings. The number of rotatable bonds is 25. The lowest BCUT2D eigenvalue weighted by molar-refractivity contribution is -0.887. The van der Waals surface area contributed by atoms with Gasteiger partial charge in [-0.15, -0.1) is 0 Å². The molecule has 1 N–H and O–H groups in total. The predicted octanol–water partition coefficient (Wildman–Crippen LogP) is 5.90. The predicted molar refractivity (Wildman–Crippen MR) is 146 cm³/mol. The number of carboxylic acid groups (broad SMARTS) is 1. The van der Waals surface area contributed by atoms with Gasteiger partial charge < -0.3 is 23.8 Å². The lowest BCUT2D eigenvalue weighted by Crippen LogP contribution is -2.50. The molecule has 0 aromatic heterocycles. The van der Waals surface area contributed by atoms with E-state index in [1.165, 1.54) is 77.6 Å². The van der Waals surface area contributed by atoms with Gasteiger partial charge in [-0.2, -0.15) is 0 Å². The van der Waals surface area contributed by atoms with Crippen LogP contribution in [0.1, 0.15) is 117 Å². The zero-order valence-corrected chi connectivity index (χ0v) is 24.4. The third-order valence-electron chi connectivity index (χ3n) is 6.56. The monoisotopic (exact) mass is 530 g/mol. The van der Waals surface area contributed by atoms with E-state index in [9.17, 15) is 19.5 Å². The van der Waals surface area contributed by atoms with E-state index in [0.717, 1.165) is 19.3 Å². The maximum atomic E-state index is 12.3. The van der Waals surface area contributed by atoms with E-state index < -0.39 is 24.1 Å². The van der Waals surface area contributed by atoms with E-state index in [2.05, 4.69) is 6.92 Å². The third-order valence-corrected chi connectivity index (χ3v) is 6.56. The van der Waals surface area contributed by atoms with Crippen LogP contribution in [0.4, 0.5) is 0 Å². The van der Waals surface area contributed by atoms with Crippen LogP contribution in [0.5, 0.6) is 0 Å². The fraction of sp³-hybridized carbons (Fsp3) is 0.897. The number of esters is 2. The number of nitrogens with zero attached hydrogens (tertiary/aromatic N) is 1. The van der Waals surface area contributed by atoms with Gasteiger partial charge >= 0.3 is 17.9 Å². The van der Waals surface area contributed by atoms with Gasteiger partial charge in [-0.1, -0.05) is 90.4 Å². The zero-order valence-electron chi connectivity index (χ0n) is 24.4. The summed E-state index contributed by atoms with van der Waals surface area (Å²) in [6.07, 6.45) is 17.5. The molecule has 8 heteroatoms. The molecule has 0 radical (unpaired) electrons. The van der Waals surface area contributed by atoms with E-state index in [4.69, 9.17) is 14.2 Å². The molecule has 0 saturated carbocycles. The molecule has 0 rings (SSSR count). The largest absolute Gasteiger partial charge is 0.477 e. The van der Waals surface area contributed by atoms with Crippen molar-refractivity contribution in [2.75, 3.05) is 41.0 Å². The average Bonchev–Trinajstić information content (AvgIpc) is 2.81. The van der Waals surface area contributed by atoms with Crippen molar-refractivity contribution in [3.63, 3.8) is 0 Å². The Morgan fingerprint density at radius 2 is 1.24 bits per heavy atom. The molecule has 0 aromatic rings. The van der Waals surface area contributed by atoms with Crippen LogP contribution in [0.25, 0.3) is 0 Å². The Kier molecular flexibility index (Phi) is 21.3. The van der Waals surface area contributed by atoms with Crippen LogP contribution in [-0.2, 0) is 28.6 Å². The van der Waals surface area contributed by atoms with Crippen LogP contribution in [-0.4, -0.2) is 80.6 Å². The van der Waals surface area contributed by atoms with E-state index in [-0.39, 0.29) is 30.3 Å². The van der Waals surface area contributed by atoms with Gasteiger partial charge in [-0.05, 0) is 6.42 Å². The van der Waals surface area contributed by atoms with E-state index in [0.29, 0.717) is 12.8 Å². The first-order chi connectivity index (χ1) is 17.6. The standard InChI is InChI=1S/C29H55NO7/c1-6-7-8-9-10-11-12-13-14-15-16-17-18-19-20-28(32)37-26(24-36-25(2)31)23-35-22-21-27(29(33)34)30(3,4)5/h26-27H,6-24H2,1-5H3/p+1. The fourth-order valence-electron chi connectivity index (χ4n) is 4.29. The summed E-state index contributed by atoms with van der Waals surface area (Å²) < 4.78 is 16.4. The number of hydrogen-bond acceptors (Lipinski definition) is 6. The number of carboxylic acids is 1. The highest BCUT2D eigenvalue weighted by Gasteiger charge is 2.31. The van der Waals surface area contributed by atoms with Crippen LogP contribution >= 0.6 is 0 Å². The molecule has 0 aliphatic heterocycles. The quantitative estimate of drug-likeness (QED) is 0.0891. The summed E-state index contributed by atoms with van der Waals surface area (Å²) in [5.74, 6) is -1.66. The number of likely N-dealkylation sites (N-methyl/N-ethyl adjacent to an activating group) is 1. The Hall–Kier alpha value is -1.67. The second-order valence-electron chi connectivity index (χ2n) is 11.1. The van der Waals surface area contributed by atoms with E-state index in [1.807, 2.05) is 21.1 Å². The van der Waals surface area contributed by atoms with Crippen molar-refractivity contribution in [2.24, 2.45) is 0 Å². The molecule has 2 unspecified atom stereocenters. The molecule has 0 aliphatic carbocycles. The number of carbonyl (C=O) groups is 3. The Labute approximate surface area is 226 Å². The average molecular weight is 531 g/mol. The van der Waals surface area contributed by atoms with Crippen LogP contribution in [0.3, 0.4) is 0 Å². The van der Waals surface area contributed by atoms with Crippen LogP contribution in [0.2, 0.25) is 0 Å². The van der Waals surface area contributed by atoms with Crippen molar-refractivity contribution >= 4 is 17.9 Å². The smallest absolute Gasteiger partial charge is 0.362 e. The van der Waals surface area contributed by atoms with Crippen molar-refractivity contribution in [3.05, 3.63) is 0 Å². The van der Waals surface area contributed by atoms with Crippen molar-refractivity contribution in [2.45, 2.75) is 129 Å². The number of carbonyl (C=O) groups excluding carboxylic acids is 2. The van der Waals surface area contributed by atoms with Crippen molar-refractivity contribution in [1.29, 1.82) is 0 Å². The minimum absolute atomic E-state index is 0.0568. The minimum atomic E-state index is -0.882. The molecule has 0 amide bonds. The highest BCUT2D eigenvalue weighted by Crippen LogP contribution is 2.14. The third kappa shape index (κ3) is 22.1. The summed E-state index contributed by atoms with van der Waals surface area (Å²) in [5.41, 5.74) is 0. The second kappa shape index (κ2) is 22.3. The summed E-state index contributed by atoms with van der Waals surface area (Å²) in [5, 5.41) is 9.41. The molecule has 0 heterocycles. The minimum Gasteiger partial charge on any atom is -0.477 e.